The number of amides is 3. The summed E-state index contributed by atoms with van der Waals surface area (Å²) in [5, 5.41) is 13.8. The SMILES string of the molecule is CCCC(C)N1CC=C[C@]23O[C@@H]4/C=C\CCC(=O)N[C@H](COC)[C@@H](c5ccccc5)OC(=O)[C@@H]4[C@H]2C(=O)N([C@@H](CO)Cc2ccccc2)[C@@H]3C1=O. The van der Waals surface area contributed by atoms with Crippen LogP contribution in [-0.4, -0.2) is 101 Å². The number of carbonyl (C=O) groups is 4. The lowest BCUT2D eigenvalue weighted by Gasteiger charge is -2.40. The fraction of sp³-hybridized carbons (Fsp3) is 0.500. The third-order valence-electron chi connectivity index (χ3n) is 10.7. The van der Waals surface area contributed by atoms with Gasteiger partial charge in [0.05, 0.1) is 37.3 Å². The highest BCUT2D eigenvalue weighted by molar-refractivity contribution is 5.99. The van der Waals surface area contributed by atoms with Gasteiger partial charge in [0.25, 0.3) is 0 Å². The van der Waals surface area contributed by atoms with E-state index < -0.39 is 66.3 Å². The number of esters is 1. The molecule has 6 rings (SSSR count). The minimum atomic E-state index is -1.51. The van der Waals surface area contributed by atoms with Crippen molar-refractivity contribution in [2.24, 2.45) is 11.8 Å². The van der Waals surface area contributed by atoms with Gasteiger partial charge in [-0.3, -0.25) is 19.2 Å². The highest BCUT2D eigenvalue weighted by Crippen LogP contribution is 2.54. The Morgan fingerprint density at radius 3 is 2.43 bits per heavy atom. The van der Waals surface area contributed by atoms with E-state index >= 15 is 4.79 Å². The van der Waals surface area contributed by atoms with Crippen LogP contribution in [0.3, 0.4) is 0 Å². The Hall–Kier alpha value is -4.32. The molecule has 4 aliphatic rings. The van der Waals surface area contributed by atoms with Crippen LogP contribution in [0, 0.1) is 11.8 Å². The molecule has 0 aromatic heterocycles. The Bertz CT molecular complexity index is 1620. The summed E-state index contributed by atoms with van der Waals surface area (Å²) in [6.45, 7) is 4.05. The Balaban J connectivity index is 1.47. The van der Waals surface area contributed by atoms with E-state index in [0.717, 1.165) is 18.4 Å². The zero-order valence-corrected chi connectivity index (χ0v) is 29.6. The van der Waals surface area contributed by atoms with E-state index in [2.05, 4.69) is 12.2 Å². The van der Waals surface area contributed by atoms with Crippen molar-refractivity contribution in [2.75, 3.05) is 26.9 Å². The zero-order valence-electron chi connectivity index (χ0n) is 29.6. The van der Waals surface area contributed by atoms with Crippen molar-refractivity contribution in [1.82, 2.24) is 15.1 Å². The molecule has 0 aliphatic carbocycles. The van der Waals surface area contributed by atoms with Crippen LogP contribution >= 0.6 is 0 Å². The molecule has 0 bridgehead atoms. The molecule has 4 heterocycles. The topological polar surface area (TPSA) is 135 Å². The second-order valence-electron chi connectivity index (χ2n) is 14.0. The molecule has 2 aromatic rings. The number of aliphatic hydroxyl groups is 1. The Kier molecular flexibility index (Phi) is 11.4. The normalized spacial score (nSPS) is 31.3. The van der Waals surface area contributed by atoms with Gasteiger partial charge in [0, 0.05) is 26.1 Å². The predicted octanol–water partition coefficient (Wildman–Crippen LogP) is 3.52. The maximum absolute atomic E-state index is 15.1. The molecule has 2 aromatic carbocycles. The summed E-state index contributed by atoms with van der Waals surface area (Å²) in [5.74, 6) is -3.88. The number of ether oxygens (including phenoxy) is 3. The molecule has 4 aliphatic heterocycles. The number of cyclic esters (lactones) is 1. The minimum absolute atomic E-state index is 0.0713. The molecular formula is C40H49N3O8. The maximum Gasteiger partial charge on any atom is 0.313 e. The van der Waals surface area contributed by atoms with Crippen LogP contribution in [0.5, 0.6) is 0 Å². The fourth-order valence-corrected chi connectivity index (χ4v) is 8.35. The number of likely N-dealkylation sites (tertiary alicyclic amines) is 1. The molecule has 11 heteroatoms. The van der Waals surface area contributed by atoms with E-state index in [4.69, 9.17) is 14.2 Å². The van der Waals surface area contributed by atoms with Crippen molar-refractivity contribution >= 4 is 23.7 Å². The van der Waals surface area contributed by atoms with E-state index in [1.807, 2.05) is 73.7 Å². The number of nitrogens with zero attached hydrogens (tertiary/aromatic N) is 2. The zero-order chi connectivity index (χ0) is 36.1. The van der Waals surface area contributed by atoms with Crippen molar-refractivity contribution in [3.8, 4) is 0 Å². The first-order valence-electron chi connectivity index (χ1n) is 18.1. The highest BCUT2D eigenvalue weighted by atomic mass is 16.6. The third-order valence-corrected chi connectivity index (χ3v) is 10.7. The molecule has 3 amide bonds. The smallest absolute Gasteiger partial charge is 0.313 e. The van der Waals surface area contributed by atoms with Crippen molar-refractivity contribution in [3.05, 3.63) is 96.1 Å². The standard InChI is InChI=1S/C40H49N3O8/c1-4-14-26(2)42-22-13-21-40-34(37(46)43(36(40)38(42)47)29(24-44)23-27-15-7-5-8-16-27)33-31(51-40)19-11-12-20-32(45)41-30(25-49-3)35(50-39(33)48)28-17-9-6-10-18-28/h5-11,13,15-19,21,26,29-31,33-36,44H,4,12,14,20,22-25H2,1-3H3,(H,41,45)/b19-11-/t26?,29-,30-,31-,33+,34+,35-,36-,40+/m1/s1. The van der Waals surface area contributed by atoms with Gasteiger partial charge in [-0.15, -0.1) is 0 Å². The fourth-order valence-electron chi connectivity index (χ4n) is 8.35. The summed E-state index contributed by atoms with van der Waals surface area (Å²) < 4.78 is 18.7. The molecular weight excluding hydrogens is 650 g/mol. The van der Waals surface area contributed by atoms with Crippen LogP contribution in [0.25, 0.3) is 0 Å². The summed E-state index contributed by atoms with van der Waals surface area (Å²) in [5.41, 5.74) is 0.0315. The molecule has 2 N–H and O–H groups in total. The molecule has 2 saturated heterocycles. The molecule has 1 unspecified atom stereocenters. The largest absolute Gasteiger partial charge is 0.455 e. The van der Waals surface area contributed by atoms with Gasteiger partial charge in [-0.1, -0.05) is 98.3 Å². The van der Waals surface area contributed by atoms with E-state index in [1.165, 1.54) is 12.0 Å². The number of allylic oxidation sites excluding steroid dienone is 1. The monoisotopic (exact) mass is 699 g/mol. The highest BCUT2D eigenvalue weighted by Gasteiger charge is 2.72. The van der Waals surface area contributed by atoms with Crippen LogP contribution in [0.1, 0.15) is 56.8 Å². The van der Waals surface area contributed by atoms with Crippen LogP contribution < -0.4 is 5.32 Å². The number of nitrogens with one attached hydrogen (secondary N) is 1. The van der Waals surface area contributed by atoms with Gasteiger partial charge in [-0.05, 0) is 37.3 Å². The van der Waals surface area contributed by atoms with Gasteiger partial charge in [0.2, 0.25) is 17.7 Å². The first-order chi connectivity index (χ1) is 24.7. The predicted molar refractivity (Wildman–Crippen MR) is 189 cm³/mol. The Morgan fingerprint density at radius 2 is 1.75 bits per heavy atom. The van der Waals surface area contributed by atoms with Gasteiger partial charge in [-0.2, -0.15) is 0 Å². The molecule has 11 nitrogen and oxygen atoms in total. The quantitative estimate of drug-likeness (QED) is 0.284. The van der Waals surface area contributed by atoms with Crippen LogP contribution in [0.15, 0.2) is 85.0 Å². The van der Waals surface area contributed by atoms with Gasteiger partial charge in [0.15, 0.2) is 0 Å². The average molecular weight is 700 g/mol. The van der Waals surface area contributed by atoms with Gasteiger partial charge in [0.1, 0.15) is 23.7 Å². The number of carbonyl (C=O) groups excluding carboxylic acids is 4. The lowest BCUT2D eigenvalue weighted by atomic mass is 9.77. The Labute approximate surface area is 299 Å². The van der Waals surface area contributed by atoms with Crippen molar-refractivity contribution in [2.45, 2.75) is 87.9 Å². The average Bonchev–Trinajstić information content (AvgIpc) is 3.52. The first kappa shape index (κ1) is 36.5. The van der Waals surface area contributed by atoms with Crippen molar-refractivity contribution in [1.29, 1.82) is 0 Å². The molecule has 51 heavy (non-hydrogen) atoms. The Morgan fingerprint density at radius 1 is 1.02 bits per heavy atom. The maximum atomic E-state index is 15.1. The molecule has 9 atom stereocenters. The van der Waals surface area contributed by atoms with Gasteiger partial charge >= 0.3 is 5.97 Å². The van der Waals surface area contributed by atoms with Gasteiger partial charge in [-0.25, -0.2) is 0 Å². The van der Waals surface area contributed by atoms with Crippen LogP contribution in [0.4, 0.5) is 0 Å². The number of methoxy groups -OCH3 is 1. The number of fused-ring (bicyclic) bond motifs is 2. The van der Waals surface area contributed by atoms with Crippen molar-refractivity contribution in [3.63, 3.8) is 0 Å². The first-order valence-corrected chi connectivity index (χ1v) is 18.1. The molecule has 0 saturated carbocycles. The number of benzene rings is 2. The summed E-state index contributed by atoms with van der Waals surface area (Å²) >= 11 is 0. The molecule has 0 radical (unpaired) electrons. The van der Waals surface area contributed by atoms with E-state index in [9.17, 15) is 19.5 Å². The molecule has 1 spiro atoms. The number of rotatable bonds is 10. The van der Waals surface area contributed by atoms with E-state index in [0.29, 0.717) is 24.9 Å². The van der Waals surface area contributed by atoms with Crippen molar-refractivity contribution < 1.29 is 38.5 Å². The van der Waals surface area contributed by atoms with Crippen LogP contribution in [-0.2, 0) is 39.8 Å². The second-order valence-corrected chi connectivity index (χ2v) is 14.0. The van der Waals surface area contributed by atoms with Gasteiger partial charge < -0.3 is 34.4 Å². The summed E-state index contributed by atoms with van der Waals surface area (Å²) in [4.78, 5) is 60.9. The second kappa shape index (κ2) is 15.9. The minimum Gasteiger partial charge on any atom is -0.455 e. The number of hydrogen-bond donors (Lipinski definition) is 2. The lowest BCUT2D eigenvalue weighted by Crippen LogP contribution is -2.59. The van der Waals surface area contributed by atoms with E-state index in [-0.39, 0.29) is 30.9 Å². The summed E-state index contributed by atoms with van der Waals surface area (Å²) in [6.07, 6.45) is 7.79. The third kappa shape index (κ3) is 7.11. The lowest BCUT2D eigenvalue weighted by molar-refractivity contribution is -0.163. The summed E-state index contributed by atoms with van der Waals surface area (Å²) in [7, 11) is 1.51. The van der Waals surface area contributed by atoms with Crippen LogP contribution in [0.2, 0.25) is 0 Å². The molecule has 2 fully saturated rings. The summed E-state index contributed by atoms with van der Waals surface area (Å²) in [6, 6.07) is 15.9. The number of aliphatic hydroxyl groups excluding tert-OH is 1. The number of hydrogen-bond acceptors (Lipinski definition) is 8. The molecule has 272 valence electrons. The van der Waals surface area contributed by atoms with E-state index in [1.54, 1.807) is 23.1 Å².